The van der Waals surface area contributed by atoms with E-state index < -0.39 is 6.04 Å². The van der Waals surface area contributed by atoms with Crippen molar-refractivity contribution >= 4 is 11.9 Å². The Kier molecular flexibility index (Phi) is 4.16. The number of amides is 3. The average Bonchev–Trinajstić information content (AvgIpc) is 2.77. The Bertz CT molecular complexity index is 587. The number of carbonyl (C=O) groups excluding carboxylic acids is 2. The van der Waals surface area contributed by atoms with Gasteiger partial charge in [-0.2, -0.15) is 0 Å². The van der Waals surface area contributed by atoms with Crippen molar-refractivity contribution < 1.29 is 9.59 Å². The molecule has 5 nitrogen and oxygen atoms in total. The Morgan fingerprint density at radius 3 is 2.64 bits per heavy atom. The first kappa shape index (κ1) is 15.0. The van der Waals surface area contributed by atoms with Crippen LogP contribution >= 0.6 is 0 Å². The zero-order valence-electron chi connectivity index (χ0n) is 13.2. The lowest BCUT2D eigenvalue weighted by Crippen LogP contribution is -2.47. The molecule has 5 heteroatoms. The molecule has 0 bridgehead atoms. The molecule has 2 aliphatic heterocycles. The second-order valence-electron chi connectivity index (χ2n) is 6.17. The zero-order chi connectivity index (χ0) is 15.7. The summed E-state index contributed by atoms with van der Waals surface area (Å²) in [6.07, 6.45) is 1.96. The van der Waals surface area contributed by atoms with Crippen LogP contribution in [-0.2, 0) is 17.8 Å². The minimum Gasteiger partial charge on any atom is -0.326 e. The van der Waals surface area contributed by atoms with E-state index in [1.807, 2.05) is 0 Å². The van der Waals surface area contributed by atoms with Crippen LogP contribution in [0.3, 0.4) is 0 Å². The lowest BCUT2D eigenvalue weighted by atomic mass is 9.98. The fourth-order valence-electron chi connectivity index (χ4n) is 3.37. The van der Waals surface area contributed by atoms with Crippen molar-refractivity contribution in [3.63, 3.8) is 0 Å². The summed E-state index contributed by atoms with van der Waals surface area (Å²) in [5.74, 6) is -0.110. The van der Waals surface area contributed by atoms with Crippen molar-refractivity contribution in [3.8, 4) is 0 Å². The van der Waals surface area contributed by atoms with Crippen LogP contribution in [0.25, 0.3) is 0 Å². The van der Waals surface area contributed by atoms with Gasteiger partial charge in [0.05, 0.1) is 0 Å². The van der Waals surface area contributed by atoms with E-state index >= 15 is 0 Å². The lowest BCUT2D eigenvalue weighted by molar-refractivity contribution is -0.127. The van der Waals surface area contributed by atoms with Gasteiger partial charge in [0.1, 0.15) is 6.04 Å². The Morgan fingerprint density at radius 1 is 1.27 bits per heavy atom. The predicted octanol–water partition coefficient (Wildman–Crippen LogP) is 1.76. The third-order valence-electron chi connectivity index (χ3n) is 4.76. The van der Waals surface area contributed by atoms with Gasteiger partial charge in [0.25, 0.3) is 5.91 Å². The van der Waals surface area contributed by atoms with Crippen LogP contribution in [0.1, 0.15) is 31.4 Å². The van der Waals surface area contributed by atoms with Crippen LogP contribution in [-0.4, -0.2) is 46.9 Å². The minimum absolute atomic E-state index is 0.110. The van der Waals surface area contributed by atoms with Crippen LogP contribution in [0.4, 0.5) is 4.79 Å². The van der Waals surface area contributed by atoms with Gasteiger partial charge in [-0.3, -0.25) is 14.6 Å². The smallest absolute Gasteiger partial charge is 0.324 e. The molecule has 1 aromatic carbocycles. The van der Waals surface area contributed by atoms with E-state index in [9.17, 15) is 9.59 Å². The summed E-state index contributed by atoms with van der Waals surface area (Å²) in [6.45, 7) is 6.21. The van der Waals surface area contributed by atoms with E-state index in [2.05, 4.69) is 41.4 Å². The summed E-state index contributed by atoms with van der Waals surface area (Å²) < 4.78 is 0. The molecule has 2 aliphatic rings. The highest BCUT2D eigenvalue weighted by atomic mass is 16.2. The van der Waals surface area contributed by atoms with Crippen LogP contribution in [0.15, 0.2) is 24.3 Å². The van der Waals surface area contributed by atoms with Gasteiger partial charge in [-0.15, -0.1) is 0 Å². The summed E-state index contributed by atoms with van der Waals surface area (Å²) in [7, 11) is 0. The SMILES string of the molecule is CC[C@H](CN1C(=O)N[C@H](C)C1=O)N1CCc2ccccc2C1. The molecular formula is C17H23N3O2. The zero-order valence-corrected chi connectivity index (χ0v) is 13.2. The molecule has 0 unspecified atom stereocenters. The number of nitrogens with zero attached hydrogens (tertiary/aromatic N) is 2. The molecule has 1 fully saturated rings. The van der Waals surface area contributed by atoms with Crippen molar-refractivity contribution in [1.29, 1.82) is 0 Å². The molecular weight excluding hydrogens is 278 g/mol. The Morgan fingerprint density at radius 2 is 2.00 bits per heavy atom. The van der Waals surface area contributed by atoms with Gasteiger partial charge < -0.3 is 5.32 Å². The summed E-state index contributed by atoms with van der Waals surface area (Å²) in [5.41, 5.74) is 2.77. The second kappa shape index (κ2) is 6.08. The van der Waals surface area contributed by atoms with Crippen molar-refractivity contribution in [2.24, 2.45) is 0 Å². The maximum atomic E-state index is 12.1. The van der Waals surface area contributed by atoms with Crippen molar-refractivity contribution in [2.75, 3.05) is 13.1 Å². The van der Waals surface area contributed by atoms with Crippen molar-refractivity contribution in [1.82, 2.24) is 15.1 Å². The van der Waals surface area contributed by atoms with Crippen molar-refractivity contribution in [3.05, 3.63) is 35.4 Å². The molecule has 1 N–H and O–H groups in total. The van der Waals surface area contributed by atoms with Crippen LogP contribution < -0.4 is 5.32 Å². The number of hydrogen-bond donors (Lipinski definition) is 1. The minimum atomic E-state index is -0.396. The number of fused-ring (bicyclic) bond motifs is 1. The summed E-state index contributed by atoms with van der Waals surface area (Å²) in [6, 6.07) is 8.08. The lowest BCUT2D eigenvalue weighted by Gasteiger charge is -2.36. The number of urea groups is 1. The number of hydrogen-bond acceptors (Lipinski definition) is 3. The highest BCUT2D eigenvalue weighted by molar-refractivity contribution is 6.03. The topological polar surface area (TPSA) is 52.7 Å². The summed E-state index contributed by atoms with van der Waals surface area (Å²) >= 11 is 0. The van der Waals surface area contributed by atoms with Gasteiger partial charge in [-0.25, -0.2) is 4.79 Å². The van der Waals surface area contributed by atoms with Gasteiger partial charge in [0.15, 0.2) is 0 Å². The molecule has 0 radical (unpaired) electrons. The number of benzene rings is 1. The van der Waals surface area contributed by atoms with Gasteiger partial charge in [-0.1, -0.05) is 31.2 Å². The molecule has 22 heavy (non-hydrogen) atoms. The monoisotopic (exact) mass is 301 g/mol. The first-order valence-corrected chi connectivity index (χ1v) is 8.03. The van der Waals surface area contributed by atoms with E-state index in [1.165, 1.54) is 16.0 Å². The number of carbonyl (C=O) groups is 2. The molecule has 0 aliphatic carbocycles. The van der Waals surface area contributed by atoms with E-state index in [0.717, 1.165) is 25.9 Å². The van der Waals surface area contributed by atoms with Crippen LogP contribution in [0.5, 0.6) is 0 Å². The van der Waals surface area contributed by atoms with Crippen LogP contribution in [0.2, 0.25) is 0 Å². The first-order chi connectivity index (χ1) is 10.6. The molecule has 2 atom stereocenters. The highest BCUT2D eigenvalue weighted by Crippen LogP contribution is 2.22. The number of rotatable bonds is 4. The predicted molar refractivity (Wildman–Crippen MR) is 84.3 cm³/mol. The summed E-state index contributed by atoms with van der Waals surface area (Å²) in [5, 5.41) is 2.68. The number of imide groups is 1. The molecule has 1 aromatic rings. The maximum Gasteiger partial charge on any atom is 0.324 e. The van der Waals surface area contributed by atoms with Gasteiger partial charge >= 0.3 is 6.03 Å². The molecule has 3 rings (SSSR count). The Hall–Kier alpha value is -1.88. The molecule has 2 heterocycles. The fourth-order valence-corrected chi connectivity index (χ4v) is 3.37. The third kappa shape index (κ3) is 2.73. The maximum absolute atomic E-state index is 12.1. The quantitative estimate of drug-likeness (QED) is 0.862. The third-order valence-corrected chi connectivity index (χ3v) is 4.76. The highest BCUT2D eigenvalue weighted by Gasteiger charge is 2.37. The van der Waals surface area contributed by atoms with Crippen molar-refractivity contribution in [2.45, 2.75) is 45.3 Å². The molecule has 1 saturated heterocycles. The molecule has 0 aromatic heterocycles. The summed E-state index contributed by atoms with van der Waals surface area (Å²) in [4.78, 5) is 27.7. The molecule has 0 spiro atoms. The van der Waals surface area contributed by atoms with Gasteiger partial charge in [0.2, 0.25) is 0 Å². The Balaban J connectivity index is 1.70. The van der Waals surface area contributed by atoms with E-state index in [4.69, 9.17) is 0 Å². The van der Waals surface area contributed by atoms with E-state index in [-0.39, 0.29) is 18.0 Å². The second-order valence-corrected chi connectivity index (χ2v) is 6.17. The van der Waals surface area contributed by atoms with Gasteiger partial charge in [-0.05, 0) is 30.9 Å². The molecule has 0 saturated carbocycles. The van der Waals surface area contributed by atoms with E-state index in [1.54, 1.807) is 6.92 Å². The first-order valence-electron chi connectivity index (χ1n) is 8.03. The largest absolute Gasteiger partial charge is 0.326 e. The molecule has 118 valence electrons. The number of nitrogens with one attached hydrogen (secondary N) is 1. The fraction of sp³-hybridized carbons (Fsp3) is 0.529. The van der Waals surface area contributed by atoms with Gasteiger partial charge in [0, 0.05) is 25.7 Å². The molecule has 3 amide bonds. The Labute approximate surface area is 131 Å². The normalized spacial score (nSPS) is 23.4. The average molecular weight is 301 g/mol. The van der Waals surface area contributed by atoms with E-state index in [0.29, 0.717) is 6.54 Å². The van der Waals surface area contributed by atoms with Crippen LogP contribution in [0, 0.1) is 0 Å². The standard InChI is InChI=1S/C17H23N3O2/c1-3-15(11-20-16(21)12(2)18-17(20)22)19-9-8-13-6-4-5-7-14(13)10-19/h4-7,12,15H,3,8-11H2,1-2H3,(H,18,22)/t12-,15-/m1/s1.